The minimum Gasteiger partial charge on any atom is -0.458 e. The average Bonchev–Trinajstić information content (AvgIpc) is 2.61. The molecule has 3 aliphatic rings. The molecule has 0 aromatic rings. The molecule has 2 bridgehead atoms. The van der Waals surface area contributed by atoms with Crippen molar-refractivity contribution in [2.45, 2.75) is 52.1 Å². The summed E-state index contributed by atoms with van der Waals surface area (Å²) in [6, 6.07) is 0. The molecule has 0 aromatic carbocycles. The standard InChI is InChI=1S/C12H18O2/c1-10(2)8-4-5-12(6-8)7-9(13)14-11(10,12)3/h8H,4-7H2,1-3H3/t8?,11-,12-/m0/s1. The first-order valence-electron chi connectivity index (χ1n) is 5.63. The molecule has 78 valence electrons. The van der Waals surface area contributed by atoms with Crippen molar-refractivity contribution >= 4 is 5.97 Å². The van der Waals surface area contributed by atoms with Crippen LogP contribution in [0.25, 0.3) is 0 Å². The van der Waals surface area contributed by atoms with Gasteiger partial charge in [-0.3, -0.25) is 4.79 Å². The Bertz CT molecular complexity index is 320. The molecule has 0 radical (unpaired) electrons. The Morgan fingerprint density at radius 2 is 2.07 bits per heavy atom. The van der Waals surface area contributed by atoms with Crippen LogP contribution in [0.4, 0.5) is 0 Å². The summed E-state index contributed by atoms with van der Waals surface area (Å²) in [6.45, 7) is 6.71. The van der Waals surface area contributed by atoms with Gasteiger partial charge in [-0.1, -0.05) is 13.8 Å². The van der Waals surface area contributed by atoms with Crippen LogP contribution in [0.15, 0.2) is 0 Å². The fourth-order valence-electron chi connectivity index (χ4n) is 4.36. The highest BCUT2D eigenvalue weighted by molar-refractivity contribution is 5.75. The van der Waals surface area contributed by atoms with Gasteiger partial charge in [0.25, 0.3) is 0 Å². The Kier molecular flexibility index (Phi) is 1.27. The van der Waals surface area contributed by atoms with Crippen LogP contribution >= 0.6 is 0 Å². The van der Waals surface area contributed by atoms with Gasteiger partial charge in [-0.2, -0.15) is 0 Å². The molecule has 3 atom stereocenters. The van der Waals surface area contributed by atoms with Crippen LogP contribution in [0.5, 0.6) is 0 Å². The van der Waals surface area contributed by atoms with E-state index in [2.05, 4.69) is 20.8 Å². The van der Waals surface area contributed by atoms with E-state index in [1.165, 1.54) is 19.3 Å². The Labute approximate surface area is 85.0 Å². The lowest BCUT2D eigenvalue weighted by molar-refractivity contribution is -0.165. The van der Waals surface area contributed by atoms with E-state index in [4.69, 9.17) is 4.74 Å². The van der Waals surface area contributed by atoms with Gasteiger partial charge < -0.3 is 4.74 Å². The molecule has 1 unspecified atom stereocenters. The highest BCUT2D eigenvalue weighted by Gasteiger charge is 2.74. The van der Waals surface area contributed by atoms with Gasteiger partial charge in [0, 0.05) is 10.8 Å². The van der Waals surface area contributed by atoms with Crippen LogP contribution in [0.3, 0.4) is 0 Å². The van der Waals surface area contributed by atoms with Gasteiger partial charge >= 0.3 is 5.97 Å². The fraction of sp³-hybridized carbons (Fsp3) is 0.917. The summed E-state index contributed by atoms with van der Waals surface area (Å²) >= 11 is 0. The zero-order valence-corrected chi connectivity index (χ0v) is 9.22. The van der Waals surface area contributed by atoms with E-state index in [-0.39, 0.29) is 22.4 Å². The van der Waals surface area contributed by atoms with Gasteiger partial charge in [0.15, 0.2) is 0 Å². The topological polar surface area (TPSA) is 26.3 Å². The second kappa shape index (κ2) is 2.02. The summed E-state index contributed by atoms with van der Waals surface area (Å²) in [6.07, 6.45) is 4.37. The number of hydrogen-bond donors (Lipinski definition) is 0. The second-order valence-corrected chi connectivity index (χ2v) is 6.13. The van der Waals surface area contributed by atoms with Crippen molar-refractivity contribution in [1.29, 1.82) is 0 Å². The maximum atomic E-state index is 11.5. The van der Waals surface area contributed by atoms with Crippen LogP contribution in [0, 0.1) is 16.7 Å². The molecule has 1 aliphatic heterocycles. The summed E-state index contributed by atoms with van der Waals surface area (Å²) in [5.74, 6) is 0.793. The Morgan fingerprint density at radius 1 is 1.36 bits per heavy atom. The number of esters is 1. The van der Waals surface area contributed by atoms with Crippen molar-refractivity contribution in [2.24, 2.45) is 16.7 Å². The predicted molar refractivity (Wildman–Crippen MR) is 52.7 cm³/mol. The molecule has 2 heteroatoms. The number of hydrogen-bond acceptors (Lipinski definition) is 2. The summed E-state index contributed by atoms with van der Waals surface area (Å²) in [7, 11) is 0. The Morgan fingerprint density at radius 3 is 2.71 bits per heavy atom. The van der Waals surface area contributed by atoms with E-state index in [1.807, 2.05) is 0 Å². The first-order valence-corrected chi connectivity index (χ1v) is 5.63. The van der Waals surface area contributed by atoms with Gasteiger partial charge in [0.1, 0.15) is 5.60 Å². The van der Waals surface area contributed by atoms with Crippen molar-refractivity contribution in [3.63, 3.8) is 0 Å². The molecule has 0 aromatic heterocycles. The zero-order valence-electron chi connectivity index (χ0n) is 9.22. The molecule has 3 rings (SSSR count). The summed E-state index contributed by atoms with van der Waals surface area (Å²) in [4.78, 5) is 11.5. The minimum atomic E-state index is -0.181. The second-order valence-electron chi connectivity index (χ2n) is 6.13. The molecule has 3 fully saturated rings. The van der Waals surface area contributed by atoms with Crippen LogP contribution < -0.4 is 0 Å². The zero-order chi connectivity index (χ0) is 10.2. The largest absolute Gasteiger partial charge is 0.458 e. The van der Waals surface area contributed by atoms with Crippen LogP contribution in [0.2, 0.25) is 0 Å². The summed E-state index contributed by atoms with van der Waals surface area (Å²) in [5, 5.41) is 0. The number of rotatable bonds is 0. The number of ether oxygens (including phenoxy) is 1. The Balaban J connectivity index is 2.15. The lowest BCUT2D eigenvalue weighted by atomic mass is 9.61. The lowest BCUT2D eigenvalue weighted by Crippen LogP contribution is -2.50. The normalized spacial score (nSPS) is 53.4. The van der Waals surface area contributed by atoms with Gasteiger partial charge in [-0.25, -0.2) is 0 Å². The smallest absolute Gasteiger partial charge is 0.307 e. The van der Waals surface area contributed by atoms with Crippen LogP contribution in [-0.2, 0) is 9.53 Å². The molecule has 2 nitrogen and oxygen atoms in total. The molecule has 2 aliphatic carbocycles. The van der Waals surface area contributed by atoms with E-state index in [9.17, 15) is 4.79 Å². The quantitative estimate of drug-likeness (QED) is 0.554. The van der Waals surface area contributed by atoms with E-state index in [1.54, 1.807) is 0 Å². The molecule has 1 spiro atoms. The number of carbonyl (C=O) groups is 1. The van der Waals surface area contributed by atoms with Crippen LogP contribution in [-0.4, -0.2) is 11.6 Å². The predicted octanol–water partition coefficient (Wildman–Crippen LogP) is 2.52. The maximum absolute atomic E-state index is 11.5. The van der Waals surface area contributed by atoms with Crippen molar-refractivity contribution in [3.8, 4) is 0 Å². The van der Waals surface area contributed by atoms with E-state index < -0.39 is 0 Å². The van der Waals surface area contributed by atoms with E-state index >= 15 is 0 Å². The van der Waals surface area contributed by atoms with E-state index in [0.29, 0.717) is 6.42 Å². The van der Waals surface area contributed by atoms with Crippen molar-refractivity contribution in [1.82, 2.24) is 0 Å². The highest BCUT2D eigenvalue weighted by Crippen LogP contribution is 2.73. The van der Waals surface area contributed by atoms with Gasteiger partial charge in [0.2, 0.25) is 0 Å². The molecule has 14 heavy (non-hydrogen) atoms. The van der Waals surface area contributed by atoms with Crippen LogP contribution in [0.1, 0.15) is 46.5 Å². The van der Waals surface area contributed by atoms with E-state index in [0.717, 1.165) is 5.92 Å². The lowest BCUT2D eigenvalue weighted by Gasteiger charge is -2.47. The molecule has 0 amide bonds. The molecule has 0 N–H and O–H groups in total. The third kappa shape index (κ3) is 0.636. The maximum Gasteiger partial charge on any atom is 0.307 e. The fourth-order valence-corrected chi connectivity index (χ4v) is 4.36. The van der Waals surface area contributed by atoms with Gasteiger partial charge in [0.05, 0.1) is 6.42 Å². The Hall–Kier alpha value is -0.530. The van der Waals surface area contributed by atoms with Gasteiger partial charge in [-0.15, -0.1) is 0 Å². The first kappa shape index (κ1) is 8.75. The highest BCUT2D eigenvalue weighted by atomic mass is 16.6. The SMILES string of the molecule is CC1(C)C2CC[C@@]3(CC(=O)O[C@@]13C)C2. The summed E-state index contributed by atoms with van der Waals surface area (Å²) in [5.41, 5.74) is 0.190. The monoisotopic (exact) mass is 194 g/mol. The molecule has 1 heterocycles. The van der Waals surface area contributed by atoms with Gasteiger partial charge in [-0.05, 0) is 32.1 Å². The average molecular weight is 194 g/mol. The summed E-state index contributed by atoms with van der Waals surface area (Å²) < 4.78 is 5.67. The molecule has 2 saturated carbocycles. The minimum absolute atomic E-state index is 0.0286. The molecular weight excluding hydrogens is 176 g/mol. The van der Waals surface area contributed by atoms with Crippen molar-refractivity contribution in [2.75, 3.05) is 0 Å². The molecule has 1 saturated heterocycles. The molecular formula is C12H18O2. The first-order chi connectivity index (χ1) is 6.41. The third-order valence-electron chi connectivity index (χ3n) is 5.67. The third-order valence-corrected chi connectivity index (χ3v) is 5.67. The number of fused-ring (bicyclic) bond motifs is 1. The van der Waals surface area contributed by atoms with Crippen molar-refractivity contribution < 1.29 is 9.53 Å². The van der Waals surface area contributed by atoms with Crippen molar-refractivity contribution in [3.05, 3.63) is 0 Å². The number of carbonyl (C=O) groups excluding carboxylic acids is 1.